The van der Waals surface area contributed by atoms with Gasteiger partial charge in [-0.1, -0.05) is 11.6 Å². The van der Waals surface area contributed by atoms with E-state index in [0.29, 0.717) is 0 Å². The summed E-state index contributed by atoms with van der Waals surface area (Å²) >= 11 is 5.80. The predicted octanol–water partition coefficient (Wildman–Crippen LogP) is 1.16. The van der Waals surface area contributed by atoms with Crippen LogP contribution in [0.3, 0.4) is 0 Å². The van der Waals surface area contributed by atoms with Crippen LogP contribution in [-0.4, -0.2) is 54.5 Å². The molecule has 0 saturated heterocycles. The minimum Gasteiger partial charge on any atom is -0.480 e. The summed E-state index contributed by atoms with van der Waals surface area (Å²) in [6, 6.07) is 3.66. The van der Waals surface area contributed by atoms with E-state index in [1.54, 1.807) is 20.8 Å². The lowest BCUT2D eigenvalue weighted by Crippen LogP contribution is -2.55. The minimum absolute atomic E-state index is 0.0190. The van der Waals surface area contributed by atoms with Crippen molar-refractivity contribution in [2.75, 3.05) is 13.6 Å². The predicted molar refractivity (Wildman–Crippen MR) is 89.0 cm³/mol. The van der Waals surface area contributed by atoms with Crippen molar-refractivity contribution in [3.8, 4) is 0 Å². The first-order valence-electron chi connectivity index (χ1n) is 6.85. The first-order chi connectivity index (χ1) is 10.7. The molecule has 134 valence electrons. The largest absolute Gasteiger partial charge is 0.480 e. The molecular formula is C14H20ClN3O5S. The summed E-state index contributed by atoms with van der Waals surface area (Å²) < 4.78 is 23.0. The number of aliphatic carboxylic acids is 1. The smallest absolute Gasteiger partial charge is 0.319 e. The number of hydrogen-bond donors (Lipinski definition) is 2. The Kier molecular flexibility index (Phi) is 5.99. The summed E-state index contributed by atoms with van der Waals surface area (Å²) in [5.41, 5.74) is -0.636. The highest BCUT2D eigenvalue weighted by Gasteiger charge is 2.31. The maximum Gasteiger partial charge on any atom is 0.319 e. The number of carboxylic acids is 1. The number of amides is 1. The molecule has 8 nitrogen and oxygen atoms in total. The zero-order chi connectivity index (χ0) is 18.9. The van der Waals surface area contributed by atoms with Gasteiger partial charge in [0, 0.05) is 18.2 Å². The summed E-state index contributed by atoms with van der Waals surface area (Å²) in [7, 11) is -2.69. The Morgan fingerprint density at radius 3 is 2.25 bits per heavy atom. The molecule has 0 aliphatic carbocycles. The van der Waals surface area contributed by atoms with E-state index in [1.807, 2.05) is 0 Å². The van der Waals surface area contributed by atoms with Crippen LogP contribution in [0, 0.1) is 0 Å². The zero-order valence-corrected chi connectivity index (χ0v) is 15.3. The summed E-state index contributed by atoms with van der Waals surface area (Å²) in [4.78, 5) is 23.3. The quantitative estimate of drug-likeness (QED) is 0.742. The van der Waals surface area contributed by atoms with Crippen LogP contribution in [0.1, 0.15) is 31.1 Å². The fourth-order valence-electron chi connectivity index (χ4n) is 2.07. The van der Waals surface area contributed by atoms with Gasteiger partial charge in [0.15, 0.2) is 0 Å². The molecular weight excluding hydrogens is 358 g/mol. The highest BCUT2D eigenvalue weighted by atomic mass is 35.5. The fourth-order valence-corrected chi connectivity index (χ4v) is 3.14. The lowest BCUT2D eigenvalue weighted by Gasteiger charge is -2.40. The third-order valence-corrected chi connectivity index (χ3v) is 4.59. The molecule has 0 atom stereocenters. The number of carbonyl (C=O) groups excluding carboxylic acids is 1. The van der Waals surface area contributed by atoms with Crippen molar-refractivity contribution in [1.29, 1.82) is 0 Å². The molecule has 0 heterocycles. The number of carbonyl (C=O) groups is 2. The normalized spacial score (nSPS) is 12.3. The number of rotatable bonds is 5. The Morgan fingerprint density at radius 2 is 1.83 bits per heavy atom. The van der Waals surface area contributed by atoms with Crippen molar-refractivity contribution in [2.24, 2.45) is 5.14 Å². The molecule has 10 heteroatoms. The summed E-state index contributed by atoms with van der Waals surface area (Å²) in [5, 5.41) is 16.5. The second kappa shape index (κ2) is 7.06. The Labute approximate surface area is 145 Å². The molecule has 0 saturated carbocycles. The van der Waals surface area contributed by atoms with E-state index in [2.05, 4.69) is 0 Å². The van der Waals surface area contributed by atoms with Crippen LogP contribution in [0.25, 0.3) is 0 Å². The number of sulfonamides is 1. The summed E-state index contributed by atoms with van der Waals surface area (Å²) in [6.07, 6.45) is 0. The molecule has 24 heavy (non-hydrogen) atoms. The topological polar surface area (TPSA) is 121 Å². The zero-order valence-electron chi connectivity index (χ0n) is 13.8. The van der Waals surface area contributed by atoms with E-state index in [1.165, 1.54) is 24.2 Å². The van der Waals surface area contributed by atoms with Crippen LogP contribution < -0.4 is 5.14 Å². The maximum atomic E-state index is 12.6. The van der Waals surface area contributed by atoms with Crippen molar-refractivity contribution in [1.82, 2.24) is 10.0 Å². The van der Waals surface area contributed by atoms with Gasteiger partial charge < -0.3 is 5.11 Å². The molecule has 0 aliphatic rings. The Bertz CT molecular complexity index is 758. The molecule has 1 aromatic rings. The highest BCUT2D eigenvalue weighted by molar-refractivity contribution is 7.89. The van der Waals surface area contributed by atoms with Gasteiger partial charge in [-0.05, 0) is 39.0 Å². The summed E-state index contributed by atoms with van der Waals surface area (Å²) in [6.45, 7) is 4.84. The maximum absolute atomic E-state index is 12.6. The first kappa shape index (κ1) is 20.4. The molecule has 3 N–H and O–H groups in total. The number of primary sulfonamides is 1. The summed E-state index contributed by atoms with van der Waals surface area (Å²) in [5.74, 6) is -1.70. The standard InChI is InChI=1S/C14H20ClN3O5S/c1-14(2,3)18(8-12(19)20)17(4)13(21)9-5-6-10(15)11(7-9)24(16,22)23/h5-7H,8H2,1-4H3,(H,19,20)(H2,16,22,23). The van der Waals surface area contributed by atoms with Gasteiger partial charge in [-0.3, -0.25) is 14.6 Å². The molecule has 1 amide bonds. The number of hydrazine groups is 1. The molecule has 0 spiro atoms. The van der Waals surface area contributed by atoms with E-state index in [0.717, 1.165) is 11.1 Å². The second-order valence-corrected chi connectivity index (χ2v) is 8.08. The number of benzene rings is 1. The SMILES string of the molecule is CN(C(=O)c1ccc(Cl)c(S(N)(=O)=O)c1)N(CC(=O)O)C(C)(C)C. The van der Waals surface area contributed by atoms with E-state index in [-0.39, 0.29) is 15.5 Å². The molecule has 0 aliphatic heterocycles. The third kappa shape index (κ3) is 4.91. The Balaban J connectivity index is 3.27. The second-order valence-electron chi connectivity index (χ2n) is 6.14. The number of nitrogens with zero attached hydrogens (tertiary/aromatic N) is 2. The van der Waals surface area contributed by atoms with Crippen LogP contribution in [-0.2, 0) is 14.8 Å². The average molecular weight is 378 g/mol. The van der Waals surface area contributed by atoms with Crippen LogP contribution in [0.15, 0.2) is 23.1 Å². The van der Waals surface area contributed by atoms with Crippen LogP contribution in [0.5, 0.6) is 0 Å². The van der Waals surface area contributed by atoms with Crippen LogP contribution in [0.4, 0.5) is 0 Å². The first-order valence-corrected chi connectivity index (χ1v) is 8.77. The monoisotopic (exact) mass is 377 g/mol. The third-order valence-electron chi connectivity index (χ3n) is 3.20. The van der Waals surface area contributed by atoms with Crippen LogP contribution in [0.2, 0.25) is 5.02 Å². The molecule has 0 fully saturated rings. The number of halogens is 1. The van der Waals surface area contributed by atoms with Gasteiger partial charge in [0.05, 0.1) is 5.02 Å². The van der Waals surface area contributed by atoms with Crippen molar-refractivity contribution < 1.29 is 23.1 Å². The molecule has 1 rings (SSSR count). The van der Waals surface area contributed by atoms with Crippen LogP contribution >= 0.6 is 11.6 Å². The fraction of sp³-hybridized carbons (Fsp3) is 0.429. The van der Waals surface area contributed by atoms with Gasteiger partial charge in [-0.15, -0.1) is 0 Å². The molecule has 0 unspecified atom stereocenters. The molecule has 0 aromatic heterocycles. The van der Waals surface area contributed by atoms with Gasteiger partial charge >= 0.3 is 5.97 Å². The van der Waals surface area contributed by atoms with Gasteiger partial charge in [0.2, 0.25) is 10.0 Å². The average Bonchev–Trinajstić information content (AvgIpc) is 2.41. The number of nitrogens with two attached hydrogens (primary N) is 1. The van der Waals surface area contributed by atoms with Crippen molar-refractivity contribution in [2.45, 2.75) is 31.2 Å². The molecule has 0 bridgehead atoms. The van der Waals surface area contributed by atoms with E-state index >= 15 is 0 Å². The van der Waals surface area contributed by atoms with Crippen molar-refractivity contribution in [3.05, 3.63) is 28.8 Å². The van der Waals surface area contributed by atoms with E-state index < -0.39 is 34.0 Å². The lowest BCUT2D eigenvalue weighted by atomic mass is 10.1. The van der Waals surface area contributed by atoms with Crippen molar-refractivity contribution in [3.63, 3.8) is 0 Å². The minimum atomic E-state index is -4.09. The van der Waals surface area contributed by atoms with E-state index in [9.17, 15) is 18.0 Å². The lowest BCUT2D eigenvalue weighted by molar-refractivity contribution is -0.146. The van der Waals surface area contributed by atoms with Crippen molar-refractivity contribution >= 4 is 33.5 Å². The van der Waals surface area contributed by atoms with Gasteiger partial charge in [0.25, 0.3) is 5.91 Å². The highest BCUT2D eigenvalue weighted by Crippen LogP contribution is 2.23. The molecule has 0 radical (unpaired) electrons. The van der Waals surface area contributed by atoms with Gasteiger partial charge in [-0.2, -0.15) is 0 Å². The van der Waals surface area contributed by atoms with E-state index in [4.69, 9.17) is 21.8 Å². The number of carboxylic acid groups (broad SMARTS) is 1. The van der Waals surface area contributed by atoms with Gasteiger partial charge in [-0.25, -0.2) is 18.6 Å². The van der Waals surface area contributed by atoms with Gasteiger partial charge in [0.1, 0.15) is 11.4 Å². The Hall–Kier alpha value is -1.68. The Morgan fingerprint density at radius 1 is 1.29 bits per heavy atom. The number of hydrogen-bond acceptors (Lipinski definition) is 5. The molecule has 1 aromatic carbocycles.